The van der Waals surface area contributed by atoms with Gasteiger partial charge in [0.05, 0.1) is 0 Å². The molecule has 0 bridgehead atoms. The third-order valence-electron chi connectivity index (χ3n) is 9.07. The third-order valence-corrected chi connectivity index (χ3v) is 9.07. The number of nitrogens with zero attached hydrogens (tertiary/aromatic N) is 1. The molecular formula is C42H71NO9. The molecule has 1 atom stereocenters. The quantitative estimate of drug-likeness (QED) is 0.0209. The standard InChI is InChI=1S/C42H71NO9/c1-3-5-7-9-11-13-15-17-19-21-23-25-27-29-31-40(46)49-35-37(36-50-42(48)52-43-38(44)33-34-39(43)45)51-41(47)32-30-28-26-24-22-20-18-16-14-12-10-8-6-4-2/h17-20,37H,3-16,21-36H2,1-2H3/b19-17-,20-18-. The van der Waals surface area contributed by atoms with Crippen LogP contribution in [0, 0.1) is 0 Å². The van der Waals surface area contributed by atoms with E-state index in [1.807, 2.05) is 0 Å². The summed E-state index contributed by atoms with van der Waals surface area (Å²) in [5, 5.41) is 0.377. The van der Waals surface area contributed by atoms with Gasteiger partial charge < -0.3 is 14.2 Å². The van der Waals surface area contributed by atoms with Crippen molar-refractivity contribution in [2.24, 2.45) is 0 Å². The van der Waals surface area contributed by atoms with Crippen molar-refractivity contribution in [1.29, 1.82) is 0 Å². The van der Waals surface area contributed by atoms with Gasteiger partial charge in [0, 0.05) is 25.7 Å². The van der Waals surface area contributed by atoms with Crippen molar-refractivity contribution in [2.75, 3.05) is 13.2 Å². The summed E-state index contributed by atoms with van der Waals surface area (Å²) in [4.78, 5) is 65.4. The number of carbonyl (C=O) groups excluding carboxylic acids is 5. The Hall–Kier alpha value is -3.17. The van der Waals surface area contributed by atoms with Gasteiger partial charge in [-0.3, -0.25) is 24.0 Å². The first-order valence-corrected chi connectivity index (χ1v) is 20.7. The summed E-state index contributed by atoms with van der Waals surface area (Å²) in [6.07, 6.45) is 34.5. The van der Waals surface area contributed by atoms with E-state index in [-0.39, 0.29) is 32.3 Å². The first-order chi connectivity index (χ1) is 25.4. The minimum Gasteiger partial charge on any atom is -0.462 e. The highest BCUT2D eigenvalue weighted by atomic mass is 16.8. The molecule has 1 saturated heterocycles. The van der Waals surface area contributed by atoms with Gasteiger partial charge >= 0.3 is 18.1 Å². The van der Waals surface area contributed by atoms with Crippen LogP contribution in [-0.4, -0.2) is 54.3 Å². The number of esters is 2. The lowest BCUT2D eigenvalue weighted by molar-refractivity contribution is -0.179. The van der Waals surface area contributed by atoms with E-state index in [1.54, 1.807) is 0 Å². The van der Waals surface area contributed by atoms with Crippen LogP contribution in [0.5, 0.6) is 0 Å². The summed E-state index contributed by atoms with van der Waals surface area (Å²) in [7, 11) is 0. The topological polar surface area (TPSA) is 126 Å². The minimum atomic E-state index is -1.28. The molecule has 1 heterocycles. The molecule has 1 aliphatic rings. The molecule has 1 aliphatic heterocycles. The Morgan fingerprint density at radius 2 is 0.923 bits per heavy atom. The van der Waals surface area contributed by atoms with Gasteiger partial charge in [0.15, 0.2) is 6.10 Å². The molecular weight excluding hydrogens is 662 g/mol. The Morgan fingerprint density at radius 1 is 0.538 bits per heavy atom. The molecule has 2 amide bonds. The van der Waals surface area contributed by atoms with Crippen molar-refractivity contribution in [1.82, 2.24) is 5.06 Å². The van der Waals surface area contributed by atoms with Crippen LogP contribution in [-0.2, 0) is 38.2 Å². The summed E-state index contributed by atoms with van der Waals surface area (Å²) in [5.41, 5.74) is 0. The highest BCUT2D eigenvalue weighted by Gasteiger charge is 2.33. The first-order valence-electron chi connectivity index (χ1n) is 20.7. The number of rotatable bonds is 34. The Bertz CT molecular complexity index is 1010. The van der Waals surface area contributed by atoms with Gasteiger partial charge in [0.1, 0.15) is 13.2 Å². The van der Waals surface area contributed by atoms with Gasteiger partial charge in [-0.05, 0) is 64.2 Å². The number of imide groups is 1. The molecule has 0 spiro atoms. The monoisotopic (exact) mass is 734 g/mol. The van der Waals surface area contributed by atoms with Crippen molar-refractivity contribution in [3.63, 3.8) is 0 Å². The maximum atomic E-state index is 12.6. The second-order valence-corrected chi connectivity index (χ2v) is 14.0. The van der Waals surface area contributed by atoms with Crippen LogP contribution in [0.2, 0.25) is 0 Å². The summed E-state index contributed by atoms with van der Waals surface area (Å²) >= 11 is 0. The van der Waals surface area contributed by atoms with Gasteiger partial charge in [-0.1, -0.05) is 133 Å². The summed E-state index contributed by atoms with van der Waals surface area (Å²) in [5.74, 6) is -2.18. The Morgan fingerprint density at radius 3 is 1.38 bits per heavy atom. The fourth-order valence-corrected chi connectivity index (χ4v) is 5.87. The second-order valence-electron chi connectivity index (χ2n) is 14.0. The van der Waals surface area contributed by atoms with Crippen LogP contribution in [0.25, 0.3) is 0 Å². The predicted octanol–water partition coefficient (Wildman–Crippen LogP) is 11.0. The average Bonchev–Trinajstić information content (AvgIpc) is 3.45. The summed E-state index contributed by atoms with van der Waals surface area (Å²) in [6, 6.07) is 0. The second kappa shape index (κ2) is 33.7. The van der Waals surface area contributed by atoms with E-state index in [9.17, 15) is 24.0 Å². The predicted molar refractivity (Wildman–Crippen MR) is 204 cm³/mol. The lowest BCUT2D eigenvalue weighted by atomic mass is 10.1. The normalized spacial score (nSPS) is 13.7. The molecule has 0 saturated carbocycles. The van der Waals surface area contributed by atoms with Crippen LogP contribution in [0.3, 0.4) is 0 Å². The molecule has 1 unspecified atom stereocenters. The van der Waals surface area contributed by atoms with E-state index in [4.69, 9.17) is 19.0 Å². The van der Waals surface area contributed by atoms with Crippen molar-refractivity contribution >= 4 is 29.9 Å². The van der Waals surface area contributed by atoms with E-state index in [2.05, 4.69) is 38.2 Å². The molecule has 10 nitrogen and oxygen atoms in total. The lowest BCUT2D eigenvalue weighted by Crippen LogP contribution is -2.35. The molecule has 0 aromatic carbocycles. The number of ether oxygens (including phenoxy) is 3. The van der Waals surface area contributed by atoms with Crippen LogP contribution < -0.4 is 0 Å². The molecule has 0 radical (unpaired) electrons. The largest absolute Gasteiger partial charge is 0.534 e. The molecule has 10 heteroatoms. The molecule has 0 N–H and O–H groups in total. The van der Waals surface area contributed by atoms with Gasteiger partial charge in [-0.25, -0.2) is 4.79 Å². The maximum Gasteiger partial charge on any atom is 0.534 e. The Labute approximate surface area is 314 Å². The van der Waals surface area contributed by atoms with E-state index in [0.29, 0.717) is 17.9 Å². The number of hydroxylamine groups is 2. The summed E-state index contributed by atoms with van der Waals surface area (Å²) in [6.45, 7) is 3.73. The van der Waals surface area contributed by atoms with Gasteiger partial charge in [0.2, 0.25) is 0 Å². The number of hydrogen-bond acceptors (Lipinski definition) is 9. The molecule has 1 fully saturated rings. The van der Waals surface area contributed by atoms with Crippen molar-refractivity contribution in [3.8, 4) is 0 Å². The molecule has 298 valence electrons. The molecule has 1 rings (SSSR count). The number of allylic oxidation sites excluding steroid dienone is 4. The number of unbranched alkanes of at least 4 members (excludes halogenated alkanes) is 20. The van der Waals surface area contributed by atoms with Crippen molar-refractivity contribution < 1.29 is 43.0 Å². The SMILES string of the molecule is CCCCCCCC/C=C\CCCCCCC(=O)OCC(COC(=O)ON1C(=O)CCC1=O)OC(=O)CCCCCC/C=C\CCCCCCCC. The smallest absolute Gasteiger partial charge is 0.462 e. The van der Waals surface area contributed by atoms with Crippen molar-refractivity contribution in [3.05, 3.63) is 24.3 Å². The Balaban J connectivity index is 2.31. The first kappa shape index (κ1) is 46.9. The molecule has 0 aliphatic carbocycles. The van der Waals surface area contributed by atoms with Gasteiger partial charge in [-0.2, -0.15) is 0 Å². The molecule has 0 aromatic rings. The van der Waals surface area contributed by atoms with Crippen LogP contribution in [0.1, 0.15) is 194 Å². The fourth-order valence-electron chi connectivity index (χ4n) is 5.87. The molecule has 0 aromatic heterocycles. The highest BCUT2D eigenvalue weighted by Crippen LogP contribution is 2.15. The van der Waals surface area contributed by atoms with Crippen LogP contribution in [0.15, 0.2) is 24.3 Å². The number of hydrogen-bond donors (Lipinski definition) is 0. The highest BCUT2D eigenvalue weighted by molar-refractivity contribution is 6.01. The van der Waals surface area contributed by atoms with Gasteiger partial charge in [-0.15, -0.1) is 0 Å². The zero-order valence-corrected chi connectivity index (χ0v) is 32.7. The minimum absolute atomic E-state index is 0.0470. The average molecular weight is 734 g/mol. The maximum absolute atomic E-state index is 12.6. The molecule has 52 heavy (non-hydrogen) atoms. The van der Waals surface area contributed by atoms with E-state index in [0.717, 1.165) is 64.2 Å². The third kappa shape index (κ3) is 27.5. The zero-order chi connectivity index (χ0) is 37.9. The van der Waals surface area contributed by atoms with Crippen LogP contribution >= 0.6 is 0 Å². The number of carbonyl (C=O) groups is 5. The van der Waals surface area contributed by atoms with E-state index >= 15 is 0 Å². The van der Waals surface area contributed by atoms with Crippen molar-refractivity contribution in [2.45, 2.75) is 200 Å². The van der Waals surface area contributed by atoms with E-state index in [1.165, 1.54) is 77.0 Å². The van der Waals surface area contributed by atoms with Gasteiger partial charge in [0.25, 0.3) is 11.8 Å². The van der Waals surface area contributed by atoms with Crippen LogP contribution in [0.4, 0.5) is 4.79 Å². The zero-order valence-electron chi connectivity index (χ0n) is 32.7. The fraction of sp³-hybridized carbons (Fsp3) is 0.786. The van der Waals surface area contributed by atoms with E-state index < -0.39 is 42.6 Å². The number of amides is 2. The summed E-state index contributed by atoms with van der Waals surface area (Å²) < 4.78 is 15.9. The Kier molecular flexibility index (Phi) is 30.3. The lowest BCUT2D eigenvalue weighted by Gasteiger charge is -2.19.